The monoisotopic (exact) mass is 317 g/mol. The second-order valence-corrected chi connectivity index (χ2v) is 7.79. The van der Waals surface area contributed by atoms with Crippen molar-refractivity contribution in [3.8, 4) is 0 Å². The molecule has 112 valence electrons. The second-order valence-electron chi connectivity index (χ2n) is 5.58. The Balaban J connectivity index is 1.74. The van der Waals surface area contributed by atoms with Gasteiger partial charge in [0.25, 0.3) is 0 Å². The largest absolute Gasteiger partial charge is 0.352 e. The summed E-state index contributed by atoms with van der Waals surface area (Å²) in [5, 5.41) is 0. The number of aryl methyl sites for hydroxylation is 1. The molecule has 0 spiro atoms. The Morgan fingerprint density at radius 2 is 1.90 bits per heavy atom. The van der Waals surface area contributed by atoms with Gasteiger partial charge in [-0.25, -0.2) is 8.42 Å². The summed E-state index contributed by atoms with van der Waals surface area (Å²) in [4.78, 5) is 2.76. The van der Waals surface area contributed by atoms with Gasteiger partial charge in [-0.05, 0) is 18.9 Å². The minimum absolute atomic E-state index is 0.321. The smallest absolute Gasteiger partial charge is 0.244 e. The molecule has 0 N–H and O–H groups in total. The molecular formula is C13H20ClN3O2S. The van der Waals surface area contributed by atoms with Crippen molar-refractivity contribution in [2.24, 2.45) is 7.05 Å². The molecule has 2 fully saturated rings. The van der Waals surface area contributed by atoms with Crippen LogP contribution in [0, 0.1) is 0 Å². The Kier molecular flexibility index (Phi) is 3.83. The van der Waals surface area contributed by atoms with Crippen molar-refractivity contribution in [1.29, 1.82) is 0 Å². The topological polar surface area (TPSA) is 45.6 Å². The van der Waals surface area contributed by atoms with Crippen LogP contribution >= 0.6 is 11.6 Å². The molecule has 0 atom stereocenters. The van der Waals surface area contributed by atoms with Crippen LogP contribution in [0.4, 0.5) is 0 Å². The quantitative estimate of drug-likeness (QED) is 0.785. The average Bonchev–Trinajstić information content (AvgIpc) is 3.22. The van der Waals surface area contributed by atoms with Crippen molar-refractivity contribution < 1.29 is 8.42 Å². The van der Waals surface area contributed by atoms with E-state index < -0.39 is 10.0 Å². The van der Waals surface area contributed by atoms with E-state index in [0.29, 0.717) is 29.9 Å². The summed E-state index contributed by atoms with van der Waals surface area (Å²) in [6.07, 6.45) is 4.19. The summed E-state index contributed by atoms with van der Waals surface area (Å²) in [6, 6.07) is 2.38. The molecule has 7 heteroatoms. The summed E-state index contributed by atoms with van der Waals surface area (Å²) >= 11 is 5.81. The molecule has 2 heterocycles. The second kappa shape index (κ2) is 5.33. The molecule has 3 rings (SSSR count). The molecule has 1 aromatic rings. The first-order valence-electron chi connectivity index (χ1n) is 6.98. The molecule has 0 bridgehead atoms. The van der Waals surface area contributed by atoms with Crippen LogP contribution in [0.1, 0.15) is 18.5 Å². The lowest BCUT2D eigenvalue weighted by atomic mass is 10.3. The van der Waals surface area contributed by atoms with Gasteiger partial charge >= 0.3 is 0 Å². The molecule has 20 heavy (non-hydrogen) atoms. The van der Waals surface area contributed by atoms with E-state index in [0.717, 1.165) is 18.8 Å². The van der Waals surface area contributed by atoms with E-state index in [2.05, 4.69) is 4.90 Å². The molecular weight excluding hydrogens is 298 g/mol. The fourth-order valence-electron chi connectivity index (χ4n) is 2.75. The van der Waals surface area contributed by atoms with Gasteiger partial charge in [0.1, 0.15) is 4.90 Å². The zero-order valence-electron chi connectivity index (χ0n) is 11.6. The Morgan fingerprint density at radius 1 is 1.25 bits per heavy atom. The fourth-order valence-corrected chi connectivity index (χ4v) is 4.53. The molecule has 1 aliphatic heterocycles. The van der Waals surface area contributed by atoms with E-state index in [4.69, 9.17) is 11.6 Å². The lowest BCUT2D eigenvalue weighted by Gasteiger charge is -2.33. The van der Waals surface area contributed by atoms with Crippen molar-refractivity contribution >= 4 is 21.6 Å². The maximum Gasteiger partial charge on any atom is 0.244 e. The predicted molar refractivity (Wildman–Crippen MR) is 78.3 cm³/mol. The minimum atomic E-state index is -3.38. The van der Waals surface area contributed by atoms with Crippen LogP contribution in [-0.4, -0.2) is 54.4 Å². The van der Waals surface area contributed by atoms with Gasteiger partial charge in [-0.15, -0.1) is 11.6 Å². The third-order valence-electron chi connectivity index (χ3n) is 4.19. The van der Waals surface area contributed by atoms with Gasteiger partial charge in [0.2, 0.25) is 10.0 Å². The first-order chi connectivity index (χ1) is 9.52. The van der Waals surface area contributed by atoms with Crippen LogP contribution in [0.15, 0.2) is 17.2 Å². The highest BCUT2D eigenvalue weighted by Crippen LogP contribution is 2.28. The van der Waals surface area contributed by atoms with Crippen molar-refractivity contribution in [1.82, 2.24) is 13.8 Å². The Labute approximate surface area is 125 Å². The highest BCUT2D eigenvalue weighted by Gasteiger charge is 2.35. The van der Waals surface area contributed by atoms with Gasteiger partial charge in [-0.1, -0.05) is 0 Å². The summed E-state index contributed by atoms with van der Waals surface area (Å²) in [7, 11) is -1.55. The molecule has 0 radical (unpaired) electrons. The van der Waals surface area contributed by atoms with Crippen LogP contribution in [0.5, 0.6) is 0 Å². The molecule has 1 saturated heterocycles. The summed E-state index contributed by atoms with van der Waals surface area (Å²) in [6.45, 7) is 2.87. The lowest BCUT2D eigenvalue weighted by molar-refractivity contribution is 0.180. The summed E-state index contributed by atoms with van der Waals surface area (Å²) < 4.78 is 28.6. The molecule has 2 aliphatic rings. The first-order valence-corrected chi connectivity index (χ1v) is 8.95. The minimum Gasteiger partial charge on any atom is -0.352 e. The van der Waals surface area contributed by atoms with Gasteiger partial charge in [0.15, 0.2) is 0 Å². The van der Waals surface area contributed by atoms with Gasteiger partial charge in [0, 0.05) is 51.2 Å². The van der Waals surface area contributed by atoms with Crippen molar-refractivity contribution in [2.75, 3.05) is 26.2 Å². The lowest BCUT2D eigenvalue weighted by Crippen LogP contribution is -2.49. The Hall–Kier alpha value is -0.560. The Morgan fingerprint density at radius 3 is 2.40 bits per heavy atom. The summed E-state index contributed by atoms with van der Waals surface area (Å²) in [5.41, 5.74) is 0.821. The van der Waals surface area contributed by atoms with E-state index in [-0.39, 0.29) is 0 Å². The highest BCUT2D eigenvalue weighted by atomic mass is 35.5. The third-order valence-corrected chi connectivity index (χ3v) is 6.33. The zero-order chi connectivity index (χ0) is 14.3. The standard InChI is InChI=1S/C13H20ClN3O2S/c1-15-10-13(8-12(15)9-14)20(18,19)17-6-4-16(5-7-17)11-2-3-11/h8,10-11H,2-7,9H2,1H3. The zero-order valence-corrected chi connectivity index (χ0v) is 13.2. The van der Waals surface area contributed by atoms with Crippen LogP contribution in [0.25, 0.3) is 0 Å². The number of nitrogens with zero attached hydrogens (tertiary/aromatic N) is 3. The van der Waals surface area contributed by atoms with Gasteiger partial charge in [-0.2, -0.15) is 4.31 Å². The number of halogens is 1. The Bertz CT molecular complexity index is 587. The van der Waals surface area contributed by atoms with Crippen LogP contribution in [0.2, 0.25) is 0 Å². The fraction of sp³-hybridized carbons (Fsp3) is 0.692. The normalized spacial score (nSPS) is 22.3. The van der Waals surface area contributed by atoms with Gasteiger partial charge in [-0.3, -0.25) is 4.90 Å². The first kappa shape index (κ1) is 14.4. The number of aromatic nitrogens is 1. The average molecular weight is 318 g/mol. The van der Waals surface area contributed by atoms with E-state index in [9.17, 15) is 8.42 Å². The number of sulfonamides is 1. The van der Waals surface area contributed by atoms with Crippen LogP contribution in [-0.2, 0) is 23.0 Å². The van der Waals surface area contributed by atoms with E-state index in [1.165, 1.54) is 12.8 Å². The third kappa shape index (κ3) is 2.62. The van der Waals surface area contributed by atoms with E-state index in [1.807, 2.05) is 7.05 Å². The maximum absolute atomic E-state index is 12.6. The number of hydrogen-bond acceptors (Lipinski definition) is 3. The van der Waals surface area contributed by atoms with Crippen LogP contribution < -0.4 is 0 Å². The number of alkyl halides is 1. The van der Waals surface area contributed by atoms with E-state index in [1.54, 1.807) is 21.1 Å². The summed E-state index contributed by atoms with van der Waals surface area (Å²) in [5.74, 6) is 0.321. The molecule has 0 aromatic carbocycles. The number of hydrogen-bond donors (Lipinski definition) is 0. The van der Waals surface area contributed by atoms with Crippen molar-refractivity contribution in [3.63, 3.8) is 0 Å². The molecule has 1 aromatic heterocycles. The van der Waals surface area contributed by atoms with Gasteiger partial charge < -0.3 is 4.57 Å². The SMILES string of the molecule is Cn1cc(S(=O)(=O)N2CCN(C3CC3)CC2)cc1CCl. The maximum atomic E-state index is 12.6. The predicted octanol–water partition coefficient (Wildman–Crippen LogP) is 1.23. The number of rotatable bonds is 4. The number of piperazine rings is 1. The van der Waals surface area contributed by atoms with Crippen molar-refractivity contribution in [3.05, 3.63) is 18.0 Å². The molecule has 0 unspecified atom stereocenters. The van der Waals surface area contributed by atoms with E-state index >= 15 is 0 Å². The molecule has 1 aliphatic carbocycles. The van der Waals surface area contributed by atoms with Gasteiger partial charge in [0.05, 0.1) is 5.88 Å². The highest BCUT2D eigenvalue weighted by molar-refractivity contribution is 7.89. The molecule has 1 saturated carbocycles. The van der Waals surface area contributed by atoms with Crippen molar-refractivity contribution in [2.45, 2.75) is 29.7 Å². The molecule has 0 amide bonds. The van der Waals surface area contributed by atoms with Crippen LogP contribution in [0.3, 0.4) is 0 Å². The molecule has 5 nitrogen and oxygen atoms in total.